The lowest BCUT2D eigenvalue weighted by Gasteiger charge is -2.28. The quantitative estimate of drug-likeness (QED) is 0.529. The molecule has 0 aromatic rings. The lowest BCUT2D eigenvalue weighted by molar-refractivity contribution is 0.248. The number of nitriles is 1. The van der Waals surface area contributed by atoms with Gasteiger partial charge in [-0.25, -0.2) is 0 Å². The first-order chi connectivity index (χ1) is 8.47. The van der Waals surface area contributed by atoms with Crippen LogP contribution in [0.15, 0.2) is 11.6 Å². The Hall–Kier alpha value is -0.810. The van der Waals surface area contributed by atoms with Crippen LogP contribution in [0.25, 0.3) is 0 Å². The van der Waals surface area contributed by atoms with Crippen LogP contribution in [0, 0.1) is 17.2 Å². The molecule has 1 atom stereocenters. The first-order valence-electron chi connectivity index (χ1n) is 7.20. The van der Waals surface area contributed by atoms with Gasteiger partial charge in [0.1, 0.15) is 0 Å². The largest absolute Gasteiger partial charge is 0.290 e. The zero-order valence-electron chi connectivity index (χ0n) is 13.5. The molecule has 0 heterocycles. The summed E-state index contributed by atoms with van der Waals surface area (Å²) in [6.07, 6.45) is 5.82. The van der Waals surface area contributed by atoms with Crippen LogP contribution in [0.5, 0.6) is 0 Å². The molecule has 0 N–H and O–H groups in total. The van der Waals surface area contributed by atoms with Gasteiger partial charge in [0.2, 0.25) is 0 Å². The molecule has 2 heteroatoms. The zero-order valence-corrected chi connectivity index (χ0v) is 13.5. The highest BCUT2D eigenvalue weighted by atomic mass is 15.1. The van der Waals surface area contributed by atoms with E-state index in [-0.39, 0.29) is 0 Å². The Labute approximate surface area is 115 Å². The molecule has 2 nitrogen and oxygen atoms in total. The van der Waals surface area contributed by atoms with Crippen molar-refractivity contribution in [2.45, 2.75) is 66.8 Å². The molecule has 0 spiro atoms. The summed E-state index contributed by atoms with van der Waals surface area (Å²) in [7, 11) is 2.03. The van der Waals surface area contributed by atoms with Crippen LogP contribution in [0.4, 0.5) is 0 Å². The molecule has 0 amide bonds. The van der Waals surface area contributed by atoms with Crippen LogP contribution >= 0.6 is 0 Å². The van der Waals surface area contributed by atoms with E-state index in [9.17, 15) is 0 Å². The van der Waals surface area contributed by atoms with Gasteiger partial charge in [-0.2, -0.15) is 5.26 Å². The lowest BCUT2D eigenvalue weighted by atomic mass is 9.95. The molecule has 1 rings (SSSR count). The van der Waals surface area contributed by atoms with Crippen molar-refractivity contribution in [2.75, 3.05) is 13.6 Å². The van der Waals surface area contributed by atoms with E-state index in [1.165, 1.54) is 18.4 Å². The van der Waals surface area contributed by atoms with Crippen molar-refractivity contribution in [3.63, 3.8) is 0 Å². The smallest absolute Gasteiger partial charge is 0.0866 e. The van der Waals surface area contributed by atoms with Gasteiger partial charge in [0.25, 0.3) is 0 Å². The molecule has 1 aliphatic carbocycles. The predicted molar refractivity (Wildman–Crippen MR) is 81.5 cm³/mol. The number of hydrogen-bond acceptors (Lipinski definition) is 2. The number of hydrogen-bond donors (Lipinski definition) is 0. The monoisotopic (exact) mass is 252 g/mol. The molecule has 0 saturated carbocycles. The molecule has 1 aliphatic rings. The SMILES string of the molecule is CC.CC(C)C.CC1=CCCC(N(C)CC#N)C1. The Morgan fingerprint density at radius 2 is 1.89 bits per heavy atom. The van der Waals surface area contributed by atoms with Crippen LogP contribution in [0.1, 0.15) is 60.8 Å². The van der Waals surface area contributed by atoms with Crippen LogP contribution in [-0.2, 0) is 0 Å². The van der Waals surface area contributed by atoms with Gasteiger partial charge in [-0.1, -0.05) is 46.3 Å². The van der Waals surface area contributed by atoms with Crippen molar-refractivity contribution in [3.8, 4) is 6.07 Å². The van der Waals surface area contributed by atoms with E-state index in [4.69, 9.17) is 5.26 Å². The average Bonchev–Trinajstić information content (AvgIpc) is 2.31. The first-order valence-corrected chi connectivity index (χ1v) is 7.20. The van der Waals surface area contributed by atoms with Crippen LogP contribution in [0.3, 0.4) is 0 Å². The molecule has 18 heavy (non-hydrogen) atoms. The normalized spacial score (nSPS) is 18.0. The van der Waals surface area contributed by atoms with Gasteiger partial charge in [0.05, 0.1) is 12.6 Å². The van der Waals surface area contributed by atoms with E-state index in [1.807, 2.05) is 20.9 Å². The fraction of sp³-hybridized carbons (Fsp3) is 0.812. The van der Waals surface area contributed by atoms with E-state index < -0.39 is 0 Å². The standard InChI is InChI=1S/C10H16N2.C4H10.C2H6/c1-9-4-3-5-10(8-9)12(2)7-6-11;1-4(2)3;1-2/h4,10H,3,5,7-8H2,1-2H3;4H,1-3H3;1-2H3. The molecule has 0 aliphatic heterocycles. The lowest BCUT2D eigenvalue weighted by Crippen LogP contribution is -2.33. The summed E-state index contributed by atoms with van der Waals surface area (Å²) in [5.74, 6) is 0.833. The maximum atomic E-state index is 8.53. The summed E-state index contributed by atoms with van der Waals surface area (Å²) in [6, 6.07) is 2.78. The van der Waals surface area contributed by atoms with Crippen molar-refractivity contribution in [1.29, 1.82) is 5.26 Å². The molecule has 0 radical (unpaired) electrons. The zero-order chi connectivity index (χ0) is 14.6. The van der Waals surface area contributed by atoms with Gasteiger partial charge in [0, 0.05) is 6.04 Å². The van der Waals surface area contributed by atoms with Crippen LogP contribution < -0.4 is 0 Å². The summed E-state index contributed by atoms with van der Waals surface area (Å²) < 4.78 is 0. The third kappa shape index (κ3) is 11.7. The van der Waals surface area contributed by atoms with Gasteiger partial charge >= 0.3 is 0 Å². The van der Waals surface area contributed by atoms with Gasteiger partial charge in [-0.05, 0) is 39.2 Å². The highest BCUT2D eigenvalue weighted by Crippen LogP contribution is 2.21. The van der Waals surface area contributed by atoms with Crippen molar-refractivity contribution in [1.82, 2.24) is 4.90 Å². The molecule has 106 valence electrons. The van der Waals surface area contributed by atoms with Crippen LogP contribution in [-0.4, -0.2) is 24.5 Å². The summed E-state index contributed by atoms with van der Waals surface area (Å²) in [5, 5.41) is 8.53. The Bertz CT molecular complexity index is 246. The summed E-state index contributed by atoms with van der Waals surface area (Å²) in [6.45, 7) is 13.2. The molecule has 0 fully saturated rings. The van der Waals surface area contributed by atoms with Gasteiger partial charge in [0.15, 0.2) is 0 Å². The molecule has 1 unspecified atom stereocenters. The molecule has 0 saturated heterocycles. The van der Waals surface area contributed by atoms with Crippen molar-refractivity contribution in [3.05, 3.63) is 11.6 Å². The van der Waals surface area contributed by atoms with Gasteiger partial charge in [-0.15, -0.1) is 0 Å². The fourth-order valence-corrected chi connectivity index (χ4v) is 1.70. The Morgan fingerprint density at radius 1 is 1.39 bits per heavy atom. The Balaban J connectivity index is 0. The number of nitrogens with zero attached hydrogens (tertiary/aromatic N) is 2. The van der Waals surface area contributed by atoms with Crippen molar-refractivity contribution < 1.29 is 0 Å². The minimum atomic E-state index is 0.554. The second-order valence-electron chi connectivity index (χ2n) is 5.29. The number of allylic oxidation sites excluding steroid dienone is 1. The van der Waals surface area contributed by atoms with E-state index >= 15 is 0 Å². The molecular formula is C16H32N2. The summed E-state index contributed by atoms with van der Waals surface area (Å²) in [5.41, 5.74) is 1.47. The minimum Gasteiger partial charge on any atom is -0.290 e. The molecule has 0 bridgehead atoms. The van der Waals surface area contributed by atoms with E-state index in [0.717, 1.165) is 12.3 Å². The highest BCUT2D eigenvalue weighted by Gasteiger charge is 2.16. The Kier molecular flexibility index (Phi) is 13.7. The van der Waals surface area contributed by atoms with Crippen molar-refractivity contribution >= 4 is 0 Å². The molecule has 0 aromatic carbocycles. The molecule has 0 aromatic heterocycles. The maximum absolute atomic E-state index is 8.53. The summed E-state index contributed by atoms with van der Waals surface area (Å²) in [4.78, 5) is 2.15. The average molecular weight is 252 g/mol. The van der Waals surface area contributed by atoms with Gasteiger partial charge in [-0.3, -0.25) is 4.90 Å². The van der Waals surface area contributed by atoms with Gasteiger partial charge < -0.3 is 0 Å². The third-order valence-electron chi connectivity index (χ3n) is 2.49. The van der Waals surface area contributed by atoms with Crippen molar-refractivity contribution in [2.24, 2.45) is 5.92 Å². The van der Waals surface area contributed by atoms with E-state index in [1.54, 1.807) is 0 Å². The fourth-order valence-electron chi connectivity index (χ4n) is 1.70. The topological polar surface area (TPSA) is 27.0 Å². The predicted octanol–water partition coefficient (Wildman–Crippen LogP) is 4.63. The second-order valence-corrected chi connectivity index (χ2v) is 5.29. The third-order valence-corrected chi connectivity index (χ3v) is 2.49. The second kappa shape index (κ2) is 12.6. The minimum absolute atomic E-state index is 0.554. The first kappa shape index (κ1) is 19.5. The van der Waals surface area contributed by atoms with E-state index in [0.29, 0.717) is 12.6 Å². The summed E-state index contributed by atoms with van der Waals surface area (Å²) >= 11 is 0. The van der Waals surface area contributed by atoms with Crippen LogP contribution in [0.2, 0.25) is 0 Å². The molecular weight excluding hydrogens is 220 g/mol. The van der Waals surface area contributed by atoms with E-state index in [2.05, 4.69) is 44.7 Å². The highest BCUT2D eigenvalue weighted by molar-refractivity contribution is 5.05. The maximum Gasteiger partial charge on any atom is 0.0866 e. The Morgan fingerprint density at radius 3 is 2.28 bits per heavy atom. The number of rotatable bonds is 2.